The number of nitrogens with zero attached hydrogens (tertiary/aromatic N) is 1. The van der Waals surface area contributed by atoms with Crippen molar-refractivity contribution in [3.05, 3.63) is 70.2 Å². The fourth-order valence-corrected chi connectivity index (χ4v) is 3.61. The lowest BCUT2D eigenvalue weighted by Gasteiger charge is -2.11. The van der Waals surface area contributed by atoms with Gasteiger partial charge >= 0.3 is 5.97 Å². The number of esters is 1. The van der Waals surface area contributed by atoms with Crippen LogP contribution in [0.5, 0.6) is 11.5 Å². The van der Waals surface area contributed by atoms with Gasteiger partial charge in [0, 0.05) is 5.56 Å². The normalized spacial score (nSPS) is 19.2. The van der Waals surface area contributed by atoms with Crippen molar-refractivity contribution in [2.45, 2.75) is 20.5 Å². The summed E-state index contributed by atoms with van der Waals surface area (Å²) in [6.45, 7) is 3.92. The Bertz CT molecular complexity index is 944. The van der Waals surface area contributed by atoms with E-state index in [2.05, 4.69) is 6.07 Å². The van der Waals surface area contributed by atoms with Crippen LogP contribution in [0.1, 0.15) is 25.0 Å². The zero-order chi connectivity index (χ0) is 20.3. The smallest absolute Gasteiger partial charge is 0.310 e. The van der Waals surface area contributed by atoms with E-state index in [0.717, 1.165) is 0 Å². The highest BCUT2D eigenvalue weighted by molar-refractivity contribution is 6.55. The van der Waals surface area contributed by atoms with Crippen LogP contribution in [0.4, 0.5) is 0 Å². The van der Waals surface area contributed by atoms with Crippen molar-refractivity contribution >= 4 is 29.2 Å². The SMILES string of the molecule is CC1(C)[C@@H](C=C(Cl)Cl)[C@@H]1C(=O)OCc1cccc(Oc2ccccc2)c1C#N. The van der Waals surface area contributed by atoms with Gasteiger partial charge in [-0.25, -0.2) is 0 Å². The molecule has 0 bridgehead atoms. The van der Waals surface area contributed by atoms with Crippen LogP contribution in [-0.2, 0) is 16.1 Å². The van der Waals surface area contributed by atoms with Crippen LogP contribution in [0, 0.1) is 28.6 Å². The topological polar surface area (TPSA) is 59.3 Å². The van der Waals surface area contributed by atoms with Crippen LogP contribution < -0.4 is 4.74 Å². The highest BCUT2D eigenvalue weighted by atomic mass is 35.5. The van der Waals surface area contributed by atoms with E-state index in [1.54, 1.807) is 36.4 Å². The number of hydrogen-bond acceptors (Lipinski definition) is 4. The maximum atomic E-state index is 12.5. The van der Waals surface area contributed by atoms with Gasteiger partial charge in [-0.15, -0.1) is 0 Å². The standard InChI is InChI=1S/C22H19Cl2NO3/c1-22(2)17(11-19(23)24)20(22)21(26)27-13-14-7-6-10-18(16(14)12-25)28-15-8-4-3-5-9-15/h3-11,17,20H,13H2,1-2H3/t17-,20+/m0/s1. The third-order valence-corrected chi connectivity index (χ3v) is 5.29. The van der Waals surface area contributed by atoms with Gasteiger partial charge in [-0.2, -0.15) is 5.26 Å². The summed E-state index contributed by atoms with van der Waals surface area (Å²) in [6, 6.07) is 16.6. The predicted octanol–water partition coefficient (Wildman–Crippen LogP) is 5.98. The summed E-state index contributed by atoms with van der Waals surface area (Å²) >= 11 is 11.5. The van der Waals surface area contributed by atoms with Crippen LogP contribution in [0.2, 0.25) is 0 Å². The molecule has 1 aliphatic rings. The molecule has 0 spiro atoms. The number of nitriles is 1. The van der Waals surface area contributed by atoms with Crippen molar-refractivity contribution in [2.24, 2.45) is 17.3 Å². The van der Waals surface area contributed by atoms with Gasteiger partial charge in [0.1, 0.15) is 34.2 Å². The summed E-state index contributed by atoms with van der Waals surface area (Å²) in [4.78, 5) is 12.5. The molecule has 0 unspecified atom stereocenters. The van der Waals surface area contributed by atoms with Crippen LogP contribution in [0.3, 0.4) is 0 Å². The minimum atomic E-state index is -0.334. The lowest BCUT2D eigenvalue weighted by Crippen LogP contribution is -2.11. The van der Waals surface area contributed by atoms with Gasteiger partial charge in [-0.1, -0.05) is 67.4 Å². The summed E-state index contributed by atoms with van der Waals surface area (Å²) in [7, 11) is 0. The Kier molecular flexibility index (Phi) is 5.98. The van der Waals surface area contributed by atoms with E-state index in [-0.39, 0.29) is 34.3 Å². The largest absolute Gasteiger partial charge is 0.461 e. The Morgan fingerprint density at radius 3 is 2.54 bits per heavy atom. The molecule has 144 valence electrons. The van der Waals surface area contributed by atoms with Crippen molar-refractivity contribution < 1.29 is 14.3 Å². The van der Waals surface area contributed by atoms with Gasteiger partial charge in [0.2, 0.25) is 0 Å². The fourth-order valence-electron chi connectivity index (χ4n) is 3.34. The molecule has 6 heteroatoms. The molecule has 0 amide bonds. The number of benzene rings is 2. The van der Waals surface area contributed by atoms with Gasteiger partial charge < -0.3 is 9.47 Å². The lowest BCUT2D eigenvalue weighted by molar-refractivity contribution is -0.147. The molecule has 3 rings (SSSR count). The second-order valence-electron chi connectivity index (χ2n) is 7.21. The Hall–Kier alpha value is -2.48. The van der Waals surface area contributed by atoms with Crippen molar-refractivity contribution in [1.29, 1.82) is 5.26 Å². The third-order valence-electron chi connectivity index (χ3n) is 5.04. The predicted molar refractivity (Wildman–Crippen MR) is 108 cm³/mol. The maximum Gasteiger partial charge on any atom is 0.310 e. The number of rotatable bonds is 6. The highest BCUT2D eigenvalue weighted by Gasteiger charge is 2.61. The summed E-state index contributed by atoms with van der Waals surface area (Å²) in [5, 5.41) is 9.58. The fraction of sp³-hybridized carbons (Fsp3) is 0.273. The quantitative estimate of drug-likeness (QED) is 0.543. The van der Waals surface area contributed by atoms with E-state index >= 15 is 0 Å². The van der Waals surface area contributed by atoms with E-state index in [0.29, 0.717) is 22.6 Å². The average molecular weight is 416 g/mol. The monoisotopic (exact) mass is 415 g/mol. The minimum absolute atomic E-state index is 0.00859. The van der Waals surface area contributed by atoms with Gasteiger partial charge in [-0.05, 0) is 35.6 Å². The molecule has 0 saturated heterocycles. The van der Waals surface area contributed by atoms with E-state index in [1.807, 2.05) is 32.0 Å². The molecular formula is C22H19Cl2NO3. The molecule has 2 aromatic rings. The number of allylic oxidation sites excluding steroid dienone is 1. The Labute approximate surface area is 174 Å². The first-order valence-corrected chi connectivity index (χ1v) is 9.54. The van der Waals surface area contributed by atoms with Gasteiger partial charge in [-0.3, -0.25) is 4.79 Å². The molecule has 4 nitrogen and oxygen atoms in total. The number of carbonyl (C=O) groups is 1. The summed E-state index contributed by atoms with van der Waals surface area (Å²) in [5.74, 6) is 0.339. The number of halogens is 2. The molecule has 0 N–H and O–H groups in total. The van der Waals surface area contributed by atoms with Crippen molar-refractivity contribution in [2.75, 3.05) is 0 Å². The van der Waals surface area contributed by atoms with Crippen LogP contribution in [-0.4, -0.2) is 5.97 Å². The van der Waals surface area contributed by atoms with E-state index < -0.39 is 0 Å². The lowest BCUT2D eigenvalue weighted by atomic mass is 10.1. The molecule has 1 saturated carbocycles. The first-order valence-electron chi connectivity index (χ1n) is 8.79. The van der Waals surface area contributed by atoms with Crippen LogP contribution >= 0.6 is 23.2 Å². The second kappa shape index (κ2) is 8.26. The molecule has 2 aromatic carbocycles. The summed E-state index contributed by atoms with van der Waals surface area (Å²) in [5.41, 5.74) is 0.669. The van der Waals surface area contributed by atoms with E-state index in [9.17, 15) is 10.1 Å². The van der Waals surface area contributed by atoms with Crippen LogP contribution in [0.25, 0.3) is 0 Å². The Morgan fingerprint density at radius 2 is 1.89 bits per heavy atom. The van der Waals surface area contributed by atoms with Crippen molar-refractivity contribution in [3.63, 3.8) is 0 Å². The van der Waals surface area contributed by atoms with Crippen LogP contribution in [0.15, 0.2) is 59.1 Å². The molecule has 28 heavy (non-hydrogen) atoms. The molecule has 0 radical (unpaired) electrons. The zero-order valence-electron chi connectivity index (χ0n) is 15.5. The summed E-state index contributed by atoms with van der Waals surface area (Å²) in [6.07, 6.45) is 1.67. The summed E-state index contributed by atoms with van der Waals surface area (Å²) < 4.78 is 11.4. The number of ether oxygens (including phenoxy) is 2. The number of hydrogen-bond donors (Lipinski definition) is 0. The average Bonchev–Trinajstić information content (AvgIpc) is 3.19. The number of carbonyl (C=O) groups excluding carboxylic acids is 1. The molecule has 0 heterocycles. The highest BCUT2D eigenvalue weighted by Crippen LogP contribution is 2.60. The second-order valence-corrected chi connectivity index (χ2v) is 8.21. The van der Waals surface area contributed by atoms with Crippen molar-refractivity contribution in [3.8, 4) is 17.6 Å². The molecule has 2 atom stereocenters. The Morgan fingerprint density at radius 1 is 1.18 bits per heavy atom. The Balaban J connectivity index is 1.71. The van der Waals surface area contributed by atoms with Crippen molar-refractivity contribution in [1.82, 2.24) is 0 Å². The number of para-hydroxylation sites is 1. The molecule has 1 aliphatic carbocycles. The first-order chi connectivity index (χ1) is 13.3. The van der Waals surface area contributed by atoms with E-state index in [4.69, 9.17) is 32.7 Å². The molecule has 0 aromatic heterocycles. The molecule has 1 fully saturated rings. The van der Waals surface area contributed by atoms with Gasteiger partial charge in [0.15, 0.2) is 0 Å². The maximum absolute atomic E-state index is 12.5. The molecular weight excluding hydrogens is 397 g/mol. The van der Waals surface area contributed by atoms with Gasteiger partial charge in [0.25, 0.3) is 0 Å². The first kappa shape index (κ1) is 20.3. The third kappa shape index (κ3) is 4.32. The van der Waals surface area contributed by atoms with E-state index in [1.165, 1.54) is 0 Å². The molecule has 0 aliphatic heterocycles. The van der Waals surface area contributed by atoms with Gasteiger partial charge in [0.05, 0.1) is 5.92 Å². The zero-order valence-corrected chi connectivity index (χ0v) is 17.0. The minimum Gasteiger partial charge on any atom is -0.461 e.